The van der Waals surface area contributed by atoms with Crippen LogP contribution in [0.25, 0.3) is 0 Å². The van der Waals surface area contributed by atoms with Gasteiger partial charge in [0.2, 0.25) is 0 Å². The molecular weight excluding hydrogens is 287 g/mol. The Morgan fingerprint density at radius 3 is 2.45 bits per heavy atom. The lowest BCUT2D eigenvalue weighted by Gasteiger charge is -2.24. The highest BCUT2D eigenvalue weighted by atomic mass is 31.2. The largest absolute Gasteiger partial charge is 0.470 e. The van der Waals surface area contributed by atoms with Gasteiger partial charge < -0.3 is 19.3 Å². The van der Waals surface area contributed by atoms with E-state index in [-0.39, 0.29) is 12.2 Å². The van der Waals surface area contributed by atoms with Gasteiger partial charge in [0.1, 0.15) is 12.7 Å². The molecule has 0 bridgehead atoms. The second-order valence-electron chi connectivity index (χ2n) is 4.44. The van der Waals surface area contributed by atoms with Gasteiger partial charge in [0.05, 0.1) is 6.10 Å². The fourth-order valence-corrected chi connectivity index (χ4v) is 1.81. The highest BCUT2D eigenvalue weighted by Crippen LogP contribution is 2.38. The number of ether oxygens (including phenoxy) is 2. The van der Waals surface area contributed by atoms with Gasteiger partial charge in [-0.05, 0) is 20.3 Å². The molecule has 0 rings (SSSR count). The third-order valence-electron chi connectivity index (χ3n) is 2.40. The van der Waals surface area contributed by atoms with E-state index in [9.17, 15) is 9.36 Å². The lowest BCUT2D eigenvalue weighted by Crippen LogP contribution is -2.34. The molecule has 0 aromatic rings. The van der Waals surface area contributed by atoms with Crippen LogP contribution in [0.5, 0.6) is 0 Å². The second-order valence-corrected chi connectivity index (χ2v) is 5.63. The van der Waals surface area contributed by atoms with E-state index in [0.29, 0.717) is 6.61 Å². The molecule has 0 saturated heterocycles. The Balaban J connectivity index is 4.51. The normalized spacial score (nSPS) is 14.7. The van der Waals surface area contributed by atoms with Crippen molar-refractivity contribution in [3.8, 4) is 0 Å². The first-order chi connectivity index (χ1) is 9.17. The zero-order valence-electron chi connectivity index (χ0n) is 12.1. The fourth-order valence-electron chi connectivity index (χ4n) is 1.23. The summed E-state index contributed by atoms with van der Waals surface area (Å²) < 4.78 is 25.8. The van der Waals surface area contributed by atoms with Crippen LogP contribution in [0.3, 0.4) is 0 Å². The number of esters is 1. The standard InChI is InChI=1S/C12H23O7P/c1-5-6-7-17-10(4)11(19-20(14,15)16)8-18-12(13)9(2)3/h10-11H,2,5-8H2,1,3-4H3,(H2,14,15,16). The Labute approximate surface area is 119 Å². The van der Waals surface area contributed by atoms with E-state index in [1.807, 2.05) is 6.92 Å². The number of unbranched alkanes of at least 4 members (excludes halogenated alkanes) is 1. The minimum atomic E-state index is -4.69. The van der Waals surface area contributed by atoms with E-state index in [4.69, 9.17) is 19.3 Å². The van der Waals surface area contributed by atoms with Crippen LogP contribution in [-0.2, 0) is 23.4 Å². The van der Waals surface area contributed by atoms with Crippen LogP contribution in [0, 0.1) is 0 Å². The average molecular weight is 310 g/mol. The van der Waals surface area contributed by atoms with E-state index < -0.39 is 26.0 Å². The van der Waals surface area contributed by atoms with Crippen molar-refractivity contribution in [3.05, 3.63) is 12.2 Å². The summed E-state index contributed by atoms with van der Waals surface area (Å²) in [6.07, 6.45) is 0.0861. The number of phosphoric acid groups is 1. The van der Waals surface area contributed by atoms with Crippen LogP contribution in [0.4, 0.5) is 0 Å². The van der Waals surface area contributed by atoms with Crippen LogP contribution in [0.2, 0.25) is 0 Å². The molecule has 0 aliphatic rings. The van der Waals surface area contributed by atoms with Crippen molar-refractivity contribution in [2.45, 2.75) is 45.8 Å². The maximum Gasteiger partial charge on any atom is 0.470 e. The van der Waals surface area contributed by atoms with E-state index >= 15 is 0 Å². The lowest BCUT2D eigenvalue weighted by molar-refractivity contribution is -0.144. The molecule has 0 fully saturated rings. The van der Waals surface area contributed by atoms with Crippen molar-refractivity contribution in [1.29, 1.82) is 0 Å². The molecule has 7 nitrogen and oxygen atoms in total. The van der Waals surface area contributed by atoms with Gasteiger partial charge in [0.15, 0.2) is 0 Å². The first-order valence-electron chi connectivity index (χ1n) is 6.35. The molecular formula is C12H23O7P. The third kappa shape index (κ3) is 9.23. The van der Waals surface area contributed by atoms with E-state index in [1.54, 1.807) is 6.92 Å². The van der Waals surface area contributed by atoms with Gasteiger partial charge in [-0.15, -0.1) is 0 Å². The molecule has 0 spiro atoms. The monoisotopic (exact) mass is 310 g/mol. The zero-order valence-corrected chi connectivity index (χ0v) is 13.0. The molecule has 0 aromatic heterocycles. The number of hydrogen-bond acceptors (Lipinski definition) is 5. The van der Waals surface area contributed by atoms with Crippen LogP contribution in [0.15, 0.2) is 12.2 Å². The molecule has 0 saturated carbocycles. The summed E-state index contributed by atoms with van der Waals surface area (Å²) in [4.78, 5) is 29.0. The van der Waals surface area contributed by atoms with Gasteiger partial charge in [0.25, 0.3) is 0 Å². The van der Waals surface area contributed by atoms with Gasteiger partial charge in [0, 0.05) is 12.2 Å². The van der Waals surface area contributed by atoms with Gasteiger partial charge in [-0.1, -0.05) is 19.9 Å². The van der Waals surface area contributed by atoms with E-state index in [1.165, 1.54) is 6.92 Å². The molecule has 0 radical (unpaired) electrons. The van der Waals surface area contributed by atoms with E-state index in [0.717, 1.165) is 12.8 Å². The summed E-state index contributed by atoms with van der Waals surface area (Å²) in [6.45, 7) is 8.60. The molecule has 0 heterocycles. The Kier molecular flexibility index (Phi) is 8.93. The number of phosphoric ester groups is 1. The van der Waals surface area contributed by atoms with Crippen molar-refractivity contribution in [2.24, 2.45) is 0 Å². The van der Waals surface area contributed by atoms with Crippen LogP contribution in [-0.4, -0.2) is 41.2 Å². The summed E-state index contributed by atoms with van der Waals surface area (Å²) in [5, 5.41) is 0. The summed E-state index contributed by atoms with van der Waals surface area (Å²) >= 11 is 0. The molecule has 2 N–H and O–H groups in total. The summed E-state index contributed by atoms with van der Waals surface area (Å²) in [5.41, 5.74) is 0.194. The number of rotatable bonds is 10. The molecule has 0 aliphatic heterocycles. The van der Waals surface area contributed by atoms with Crippen molar-refractivity contribution >= 4 is 13.8 Å². The lowest BCUT2D eigenvalue weighted by atomic mass is 10.2. The minimum absolute atomic E-state index is 0.194. The second kappa shape index (κ2) is 9.26. The molecule has 20 heavy (non-hydrogen) atoms. The topological polar surface area (TPSA) is 102 Å². The maximum absolute atomic E-state index is 11.3. The Hall–Kier alpha value is -0.720. The summed E-state index contributed by atoms with van der Waals surface area (Å²) in [7, 11) is -4.69. The fraction of sp³-hybridized carbons (Fsp3) is 0.750. The van der Waals surface area contributed by atoms with Gasteiger partial charge in [-0.2, -0.15) is 0 Å². The average Bonchev–Trinajstić information content (AvgIpc) is 2.32. The minimum Gasteiger partial charge on any atom is -0.459 e. The first kappa shape index (κ1) is 19.3. The molecule has 0 aliphatic carbocycles. The number of carbonyl (C=O) groups is 1. The predicted molar refractivity (Wildman–Crippen MR) is 73.0 cm³/mol. The molecule has 2 unspecified atom stereocenters. The first-order valence-corrected chi connectivity index (χ1v) is 7.88. The van der Waals surface area contributed by atoms with Crippen molar-refractivity contribution in [2.75, 3.05) is 13.2 Å². The molecule has 8 heteroatoms. The van der Waals surface area contributed by atoms with Crippen molar-refractivity contribution in [1.82, 2.24) is 0 Å². The van der Waals surface area contributed by atoms with Crippen LogP contribution < -0.4 is 0 Å². The number of carbonyl (C=O) groups excluding carboxylic acids is 1. The highest BCUT2D eigenvalue weighted by Gasteiger charge is 2.29. The number of hydrogen-bond donors (Lipinski definition) is 2. The van der Waals surface area contributed by atoms with Crippen LogP contribution >= 0.6 is 7.82 Å². The van der Waals surface area contributed by atoms with Crippen LogP contribution in [0.1, 0.15) is 33.6 Å². The molecule has 0 aromatic carbocycles. The quantitative estimate of drug-likeness (QED) is 0.274. The summed E-state index contributed by atoms with van der Waals surface area (Å²) in [5.74, 6) is -0.648. The molecule has 2 atom stereocenters. The smallest absolute Gasteiger partial charge is 0.459 e. The summed E-state index contributed by atoms with van der Waals surface area (Å²) in [6, 6.07) is 0. The zero-order chi connectivity index (χ0) is 15.8. The predicted octanol–water partition coefficient (Wildman–Crippen LogP) is 1.79. The van der Waals surface area contributed by atoms with Gasteiger partial charge in [-0.25, -0.2) is 9.36 Å². The Morgan fingerprint density at radius 2 is 2.00 bits per heavy atom. The van der Waals surface area contributed by atoms with Gasteiger partial charge in [-0.3, -0.25) is 4.52 Å². The van der Waals surface area contributed by atoms with E-state index in [2.05, 4.69) is 11.1 Å². The Morgan fingerprint density at radius 1 is 1.40 bits per heavy atom. The molecule has 0 amide bonds. The molecule has 118 valence electrons. The highest BCUT2D eigenvalue weighted by molar-refractivity contribution is 7.46. The SMILES string of the molecule is C=C(C)C(=O)OCC(OP(=O)(O)O)C(C)OCCCC. The van der Waals surface area contributed by atoms with Crippen molar-refractivity contribution in [3.63, 3.8) is 0 Å². The van der Waals surface area contributed by atoms with Crippen molar-refractivity contribution < 1.29 is 33.1 Å². The maximum atomic E-state index is 11.3. The Bertz CT molecular complexity index is 363. The third-order valence-corrected chi connectivity index (χ3v) is 2.95. The van der Waals surface area contributed by atoms with Gasteiger partial charge >= 0.3 is 13.8 Å².